The largest absolute Gasteiger partial charge is 0.322 e. The number of benzene rings is 2. The summed E-state index contributed by atoms with van der Waals surface area (Å²) in [5, 5.41) is 10.9. The van der Waals surface area contributed by atoms with Crippen LogP contribution in [0.25, 0.3) is 11.0 Å². The number of hydrogen-bond acceptors (Lipinski definition) is 5. The maximum Gasteiger partial charge on any atom is 0.261 e. The first-order valence-electron chi connectivity index (χ1n) is 8.23. The van der Waals surface area contributed by atoms with Gasteiger partial charge in [-0.05, 0) is 29.8 Å². The van der Waals surface area contributed by atoms with Crippen LogP contribution >= 0.6 is 11.8 Å². The van der Waals surface area contributed by atoms with E-state index in [1.165, 1.54) is 24.2 Å². The molecule has 9 heteroatoms. The summed E-state index contributed by atoms with van der Waals surface area (Å²) >= 11 is 1.49. The molecule has 0 atom stereocenters. The summed E-state index contributed by atoms with van der Waals surface area (Å²) < 4.78 is 27.5. The number of fused-ring (bicyclic) bond motifs is 1. The summed E-state index contributed by atoms with van der Waals surface area (Å²) in [6, 6.07) is 10.4. The number of halogens is 2. The second-order valence-corrected chi connectivity index (χ2v) is 6.81. The Balaban J connectivity index is 1.49. The van der Waals surface area contributed by atoms with Crippen LogP contribution in [-0.2, 0) is 5.75 Å². The number of thioether (sulfide) groups is 1. The van der Waals surface area contributed by atoms with Crippen LogP contribution in [0.2, 0.25) is 0 Å². The predicted molar refractivity (Wildman–Crippen MR) is 102 cm³/mol. The van der Waals surface area contributed by atoms with Crippen LogP contribution < -0.4 is 5.32 Å². The third-order valence-electron chi connectivity index (χ3n) is 3.96. The normalized spacial score (nSPS) is 10.9. The van der Waals surface area contributed by atoms with E-state index in [0.717, 1.165) is 28.1 Å². The number of nitrogens with zero attached hydrogens (tertiary/aromatic N) is 3. The second-order valence-electron chi connectivity index (χ2n) is 5.85. The molecule has 0 saturated heterocycles. The van der Waals surface area contributed by atoms with Crippen molar-refractivity contribution in [3.05, 3.63) is 77.8 Å². The SMILES string of the molecule is O=C(Nc1cccc(CSc2ncnc3[nH]ncc23)c1)c1c(F)cccc1F. The van der Waals surface area contributed by atoms with Gasteiger partial charge in [-0.1, -0.05) is 18.2 Å². The molecule has 1 amide bonds. The Morgan fingerprint density at radius 2 is 1.89 bits per heavy atom. The minimum absolute atomic E-state index is 0.446. The number of amides is 1. The molecule has 140 valence electrons. The molecule has 0 aliphatic rings. The molecular weight excluding hydrogens is 384 g/mol. The highest BCUT2D eigenvalue weighted by atomic mass is 32.2. The summed E-state index contributed by atoms with van der Waals surface area (Å²) in [6.07, 6.45) is 3.12. The number of aromatic nitrogens is 4. The molecule has 2 heterocycles. The summed E-state index contributed by atoms with van der Waals surface area (Å²) in [7, 11) is 0. The van der Waals surface area contributed by atoms with Gasteiger partial charge < -0.3 is 5.32 Å². The van der Waals surface area contributed by atoms with E-state index in [4.69, 9.17) is 0 Å². The predicted octanol–water partition coefficient (Wildman–Crippen LogP) is 4.18. The highest BCUT2D eigenvalue weighted by Gasteiger charge is 2.17. The number of H-pyrrole nitrogens is 1. The minimum Gasteiger partial charge on any atom is -0.322 e. The first-order chi connectivity index (χ1) is 13.6. The van der Waals surface area contributed by atoms with Crippen molar-refractivity contribution in [2.24, 2.45) is 0 Å². The Bertz CT molecular complexity index is 1140. The zero-order valence-corrected chi connectivity index (χ0v) is 15.1. The lowest BCUT2D eigenvalue weighted by molar-refractivity contribution is 0.101. The standard InChI is InChI=1S/C19H13F2N5OS/c20-14-5-2-6-15(21)16(14)18(27)25-12-4-1-3-11(7-12)9-28-19-13-8-24-26-17(13)22-10-23-19/h1-8,10H,9H2,(H,25,27)(H,22,23,24,26). The third kappa shape index (κ3) is 3.70. The fourth-order valence-electron chi connectivity index (χ4n) is 2.66. The first-order valence-corrected chi connectivity index (χ1v) is 9.21. The van der Waals surface area contributed by atoms with Crippen LogP contribution in [0, 0.1) is 11.6 Å². The van der Waals surface area contributed by atoms with Gasteiger partial charge >= 0.3 is 0 Å². The van der Waals surface area contributed by atoms with Crippen LogP contribution in [0.15, 0.2) is 60.0 Å². The van der Waals surface area contributed by atoms with Crippen molar-refractivity contribution >= 4 is 34.4 Å². The van der Waals surface area contributed by atoms with E-state index < -0.39 is 23.1 Å². The average molecular weight is 397 g/mol. The fourth-order valence-corrected chi connectivity index (χ4v) is 3.57. The molecule has 0 bridgehead atoms. The molecule has 2 N–H and O–H groups in total. The molecule has 0 spiro atoms. The molecule has 2 aromatic heterocycles. The van der Waals surface area contributed by atoms with Gasteiger partial charge in [-0.25, -0.2) is 18.7 Å². The van der Waals surface area contributed by atoms with E-state index in [1.807, 2.05) is 6.07 Å². The molecule has 4 rings (SSSR count). The molecule has 2 aromatic carbocycles. The van der Waals surface area contributed by atoms with E-state index in [9.17, 15) is 13.6 Å². The van der Waals surface area contributed by atoms with Crippen LogP contribution in [0.5, 0.6) is 0 Å². The summed E-state index contributed by atoms with van der Waals surface area (Å²) in [4.78, 5) is 20.6. The lowest BCUT2D eigenvalue weighted by Gasteiger charge is -2.09. The maximum atomic E-state index is 13.8. The monoisotopic (exact) mass is 397 g/mol. The molecule has 6 nitrogen and oxygen atoms in total. The van der Waals surface area contributed by atoms with Gasteiger partial charge in [0, 0.05) is 11.4 Å². The molecule has 0 aliphatic heterocycles. The van der Waals surface area contributed by atoms with Crippen molar-refractivity contribution in [2.45, 2.75) is 10.8 Å². The zero-order chi connectivity index (χ0) is 19.5. The molecule has 0 unspecified atom stereocenters. The van der Waals surface area contributed by atoms with Crippen LogP contribution in [-0.4, -0.2) is 26.1 Å². The average Bonchev–Trinajstić information content (AvgIpc) is 3.16. The van der Waals surface area contributed by atoms with Gasteiger partial charge in [0.25, 0.3) is 5.91 Å². The maximum absolute atomic E-state index is 13.8. The van der Waals surface area contributed by atoms with Crippen molar-refractivity contribution < 1.29 is 13.6 Å². The van der Waals surface area contributed by atoms with Crippen molar-refractivity contribution in [1.82, 2.24) is 20.2 Å². The smallest absolute Gasteiger partial charge is 0.261 e. The van der Waals surface area contributed by atoms with Crippen LogP contribution in [0.1, 0.15) is 15.9 Å². The number of rotatable bonds is 5. The van der Waals surface area contributed by atoms with Gasteiger partial charge in [-0.2, -0.15) is 5.10 Å². The number of anilines is 1. The number of carbonyl (C=O) groups excluding carboxylic acids is 1. The minimum atomic E-state index is -0.905. The lowest BCUT2D eigenvalue weighted by Crippen LogP contribution is -2.15. The van der Waals surface area contributed by atoms with Gasteiger partial charge in [-0.3, -0.25) is 9.89 Å². The Morgan fingerprint density at radius 3 is 2.71 bits per heavy atom. The summed E-state index contributed by atoms with van der Waals surface area (Å²) in [6.45, 7) is 0. The van der Waals surface area contributed by atoms with E-state index >= 15 is 0 Å². The highest BCUT2D eigenvalue weighted by molar-refractivity contribution is 7.98. The van der Waals surface area contributed by atoms with Crippen molar-refractivity contribution in [3.8, 4) is 0 Å². The molecule has 0 saturated carbocycles. The van der Waals surface area contributed by atoms with E-state index in [1.54, 1.807) is 24.4 Å². The Labute approximate surface area is 162 Å². The zero-order valence-electron chi connectivity index (χ0n) is 14.3. The van der Waals surface area contributed by atoms with Gasteiger partial charge in [0.15, 0.2) is 5.65 Å². The quantitative estimate of drug-likeness (QED) is 0.390. The Hall–Kier alpha value is -3.33. The Kier molecular flexibility index (Phi) is 4.98. The van der Waals surface area contributed by atoms with Crippen molar-refractivity contribution in [3.63, 3.8) is 0 Å². The number of hydrogen-bond donors (Lipinski definition) is 2. The molecule has 0 fully saturated rings. The van der Waals surface area contributed by atoms with Gasteiger partial charge in [0.2, 0.25) is 0 Å². The van der Waals surface area contributed by atoms with Gasteiger partial charge in [-0.15, -0.1) is 11.8 Å². The number of aromatic amines is 1. The highest BCUT2D eigenvalue weighted by Crippen LogP contribution is 2.27. The molecule has 0 radical (unpaired) electrons. The fraction of sp³-hybridized carbons (Fsp3) is 0.0526. The van der Waals surface area contributed by atoms with Crippen molar-refractivity contribution in [1.29, 1.82) is 0 Å². The molecule has 28 heavy (non-hydrogen) atoms. The summed E-state index contributed by atoms with van der Waals surface area (Å²) in [5.41, 5.74) is 1.41. The van der Waals surface area contributed by atoms with E-state index in [0.29, 0.717) is 17.1 Å². The lowest BCUT2D eigenvalue weighted by atomic mass is 10.1. The third-order valence-corrected chi connectivity index (χ3v) is 5.04. The molecule has 4 aromatic rings. The van der Waals surface area contributed by atoms with E-state index in [2.05, 4.69) is 25.5 Å². The summed E-state index contributed by atoms with van der Waals surface area (Å²) in [5.74, 6) is -2.07. The Morgan fingerprint density at radius 1 is 1.11 bits per heavy atom. The van der Waals surface area contributed by atoms with Gasteiger partial charge in [0.05, 0.1) is 11.6 Å². The number of carbonyl (C=O) groups is 1. The topological polar surface area (TPSA) is 83.6 Å². The van der Waals surface area contributed by atoms with E-state index in [-0.39, 0.29) is 0 Å². The van der Waals surface area contributed by atoms with Gasteiger partial charge in [0.1, 0.15) is 28.6 Å². The van der Waals surface area contributed by atoms with Crippen LogP contribution in [0.4, 0.5) is 14.5 Å². The first kappa shape index (κ1) is 18.1. The van der Waals surface area contributed by atoms with Crippen molar-refractivity contribution in [2.75, 3.05) is 5.32 Å². The second kappa shape index (κ2) is 7.73. The number of nitrogens with one attached hydrogen (secondary N) is 2. The van der Waals surface area contributed by atoms with Crippen LogP contribution in [0.3, 0.4) is 0 Å². The molecular formula is C19H13F2N5OS. The molecule has 0 aliphatic carbocycles.